The lowest BCUT2D eigenvalue weighted by molar-refractivity contribution is -0.114. The van der Waals surface area contributed by atoms with Crippen LogP contribution < -0.4 is 9.62 Å². The highest BCUT2D eigenvalue weighted by Gasteiger charge is 2.30. The number of amides is 1. The third-order valence-electron chi connectivity index (χ3n) is 4.80. The molecule has 1 aromatic carbocycles. The van der Waals surface area contributed by atoms with Gasteiger partial charge >= 0.3 is 0 Å². The topological polar surface area (TPSA) is 92.5 Å². The number of carbonyl (C=O) groups is 1. The summed E-state index contributed by atoms with van der Waals surface area (Å²) in [6.45, 7) is 3.62. The summed E-state index contributed by atoms with van der Waals surface area (Å²) < 4.78 is 33.5. The summed E-state index contributed by atoms with van der Waals surface area (Å²) in [6.07, 6.45) is 5.10. The first-order chi connectivity index (χ1) is 14.4. The zero-order chi connectivity index (χ0) is 21.3. The van der Waals surface area contributed by atoms with Gasteiger partial charge in [-0.2, -0.15) is 0 Å². The van der Waals surface area contributed by atoms with Gasteiger partial charge in [-0.15, -0.1) is 11.3 Å². The third kappa shape index (κ3) is 3.90. The first-order valence-electron chi connectivity index (χ1n) is 9.48. The fourth-order valence-electron chi connectivity index (χ4n) is 3.41. The molecule has 4 rings (SSSR count). The number of rotatable bonds is 5. The van der Waals surface area contributed by atoms with Crippen LogP contribution in [0.15, 0.2) is 45.1 Å². The molecule has 0 radical (unpaired) electrons. The van der Waals surface area contributed by atoms with E-state index in [1.165, 1.54) is 22.6 Å². The molecule has 0 saturated heterocycles. The van der Waals surface area contributed by atoms with Crippen LogP contribution in [0.1, 0.15) is 35.2 Å². The van der Waals surface area contributed by atoms with Gasteiger partial charge in [0.15, 0.2) is 5.76 Å². The van der Waals surface area contributed by atoms with Gasteiger partial charge in [0.25, 0.3) is 10.0 Å². The largest absolute Gasteiger partial charge is 0.354 e. The van der Waals surface area contributed by atoms with E-state index in [9.17, 15) is 13.2 Å². The fraction of sp³-hybridized carbons (Fsp3) is 0.238. The van der Waals surface area contributed by atoms with Crippen molar-refractivity contribution in [2.24, 2.45) is 0 Å². The minimum Gasteiger partial charge on any atom is -0.354 e. The Hall–Kier alpha value is -2.91. The Morgan fingerprint density at radius 2 is 2.03 bits per heavy atom. The number of fused-ring (bicyclic) bond motifs is 1. The molecule has 0 fully saturated rings. The van der Waals surface area contributed by atoms with E-state index < -0.39 is 10.0 Å². The Morgan fingerprint density at radius 1 is 1.23 bits per heavy atom. The number of hydrogen-bond donors (Lipinski definition) is 1. The van der Waals surface area contributed by atoms with E-state index in [-0.39, 0.29) is 10.1 Å². The van der Waals surface area contributed by atoms with Crippen LogP contribution in [0, 0.1) is 6.92 Å². The van der Waals surface area contributed by atoms with Gasteiger partial charge in [-0.05, 0) is 55.7 Å². The molecule has 0 saturated carbocycles. The van der Waals surface area contributed by atoms with Crippen molar-refractivity contribution in [2.45, 2.75) is 30.9 Å². The van der Waals surface area contributed by atoms with Crippen LogP contribution in [0.25, 0.3) is 12.2 Å². The van der Waals surface area contributed by atoms with Crippen LogP contribution in [0.5, 0.6) is 0 Å². The first-order valence-corrected chi connectivity index (χ1v) is 11.7. The number of anilines is 2. The number of hydrogen-bond acceptors (Lipinski definition) is 6. The van der Waals surface area contributed by atoms with E-state index >= 15 is 0 Å². The molecule has 3 aromatic rings. The lowest BCUT2D eigenvalue weighted by Crippen LogP contribution is -2.35. The highest BCUT2D eigenvalue weighted by atomic mass is 32.2. The average molecular weight is 444 g/mol. The zero-order valence-electron chi connectivity index (χ0n) is 16.6. The molecule has 1 aliphatic heterocycles. The number of thiophene rings is 1. The van der Waals surface area contributed by atoms with Gasteiger partial charge in [0, 0.05) is 18.3 Å². The summed E-state index contributed by atoms with van der Waals surface area (Å²) in [5.41, 5.74) is 2.89. The second kappa shape index (κ2) is 8.08. The molecule has 0 bridgehead atoms. The minimum atomic E-state index is -3.63. The van der Waals surface area contributed by atoms with E-state index in [1.54, 1.807) is 31.2 Å². The smallest absolute Gasteiger partial charge is 0.273 e. The van der Waals surface area contributed by atoms with Gasteiger partial charge in [0.2, 0.25) is 5.91 Å². The van der Waals surface area contributed by atoms with Gasteiger partial charge in [-0.25, -0.2) is 8.42 Å². The van der Waals surface area contributed by atoms with E-state index in [0.29, 0.717) is 23.7 Å². The van der Waals surface area contributed by atoms with Crippen molar-refractivity contribution >= 4 is 50.8 Å². The highest BCUT2D eigenvalue weighted by molar-refractivity contribution is 7.94. The van der Waals surface area contributed by atoms with E-state index in [0.717, 1.165) is 29.0 Å². The van der Waals surface area contributed by atoms with Gasteiger partial charge in [-0.1, -0.05) is 23.4 Å². The van der Waals surface area contributed by atoms with Crippen LogP contribution in [0.3, 0.4) is 0 Å². The van der Waals surface area contributed by atoms with Gasteiger partial charge in [-0.3, -0.25) is 9.10 Å². The van der Waals surface area contributed by atoms with E-state index in [4.69, 9.17) is 4.52 Å². The molecule has 2 aromatic heterocycles. The summed E-state index contributed by atoms with van der Waals surface area (Å²) in [5, 5.41) is 6.56. The summed E-state index contributed by atoms with van der Waals surface area (Å²) >= 11 is 1.19. The number of aryl methyl sites for hydroxylation is 2. The van der Waals surface area contributed by atoms with Crippen LogP contribution >= 0.6 is 11.3 Å². The molecule has 1 aliphatic rings. The number of nitrogens with one attached hydrogen (secondary N) is 1. The first kappa shape index (κ1) is 20.4. The number of sulfonamides is 1. The monoisotopic (exact) mass is 443 g/mol. The molecular formula is C21H21N3O4S2. The Bertz CT molecular complexity index is 1220. The molecule has 1 N–H and O–H groups in total. The zero-order valence-corrected chi connectivity index (χ0v) is 18.2. The molecule has 0 spiro atoms. The van der Waals surface area contributed by atoms with Crippen molar-refractivity contribution in [1.82, 2.24) is 5.16 Å². The molecule has 156 valence electrons. The average Bonchev–Trinajstić information content (AvgIpc) is 3.34. The predicted octanol–water partition coefficient (Wildman–Crippen LogP) is 4.31. The van der Waals surface area contributed by atoms with Crippen LogP contribution in [-0.4, -0.2) is 26.0 Å². The minimum absolute atomic E-state index is 0.220. The van der Waals surface area contributed by atoms with Crippen LogP contribution in [-0.2, 0) is 21.2 Å². The number of aromatic nitrogens is 1. The lowest BCUT2D eigenvalue weighted by Gasteiger charge is -2.29. The van der Waals surface area contributed by atoms with Crippen molar-refractivity contribution in [3.05, 3.63) is 58.3 Å². The van der Waals surface area contributed by atoms with Crippen molar-refractivity contribution < 1.29 is 17.7 Å². The quantitative estimate of drug-likeness (QED) is 0.634. The molecule has 30 heavy (non-hydrogen) atoms. The van der Waals surface area contributed by atoms with Crippen LogP contribution in [0.4, 0.5) is 11.4 Å². The number of nitrogens with zero attached hydrogens (tertiary/aromatic N) is 2. The Labute approximate surface area is 179 Å². The molecule has 9 heteroatoms. The standard InChI is InChI=1S/C21H21N3O4S2/c1-14-21(22-15(2)25)19(28-23-14)11-9-17-10-12-20(29-17)30(26,27)24-13-5-7-16-6-3-4-8-18(16)24/h3-4,6,8-12H,5,7,13H2,1-2H3,(H,22,25)/b11-9+. The Kier molecular flexibility index (Phi) is 5.48. The maximum atomic E-state index is 13.3. The SMILES string of the molecule is CC(=O)Nc1c(C)noc1/C=C/c1ccc(S(=O)(=O)N2CCCc3ccccc32)s1. The van der Waals surface area contributed by atoms with Crippen molar-refractivity contribution in [1.29, 1.82) is 0 Å². The normalized spacial score (nSPS) is 14.1. The van der Waals surface area contributed by atoms with Gasteiger partial charge < -0.3 is 9.84 Å². The van der Waals surface area contributed by atoms with E-state index in [1.807, 2.05) is 24.3 Å². The number of benzene rings is 1. The maximum Gasteiger partial charge on any atom is 0.273 e. The summed E-state index contributed by atoms with van der Waals surface area (Å²) in [5.74, 6) is 0.188. The molecular weight excluding hydrogens is 422 g/mol. The van der Waals surface area contributed by atoms with Gasteiger partial charge in [0.1, 0.15) is 15.6 Å². The summed E-state index contributed by atoms with van der Waals surface area (Å²) in [4.78, 5) is 12.1. The lowest BCUT2D eigenvalue weighted by atomic mass is 10.0. The summed E-state index contributed by atoms with van der Waals surface area (Å²) in [6, 6.07) is 11.0. The number of carbonyl (C=O) groups excluding carboxylic acids is 1. The van der Waals surface area contributed by atoms with Crippen molar-refractivity contribution in [3.8, 4) is 0 Å². The molecule has 0 atom stereocenters. The second-order valence-corrected chi connectivity index (χ2v) is 10.2. The molecule has 0 aliphatic carbocycles. The van der Waals surface area contributed by atoms with Crippen molar-refractivity contribution in [3.63, 3.8) is 0 Å². The molecule has 0 unspecified atom stereocenters. The Balaban J connectivity index is 1.59. The Morgan fingerprint density at radius 3 is 2.83 bits per heavy atom. The predicted molar refractivity (Wildman–Crippen MR) is 118 cm³/mol. The second-order valence-electron chi connectivity index (χ2n) is 6.99. The highest BCUT2D eigenvalue weighted by Crippen LogP contribution is 2.34. The summed E-state index contributed by atoms with van der Waals surface area (Å²) in [7, 11) is -3.63. The molecule has 1 amide bonds. The maximum absolute atomic E-state index is 13.3. The fourth-order valence-corrected chi connectivity index (χ4v) is 6.29. The van der Waals surface area contributed by atoms with Crippen molar-refractivity contribution in [2.75, 3.05) is 16.2 Å². The number of para-hydroxylation sites is 1. The third-order valence-corrected chi connectivity index (χ3v) is 8.13. The van der Waals surface area contributed by atoms with Crippen LogP contribution in [0.2, 0.25) is 0 Å². The molecule has 7 nitrogen and oxygen atoms in total. The van der Waals surface area contributed by atoms with Gasteiger partial charge in [0.05, 0.1) is 5.69 Å². The molecule has 3 heterocycles. The van der Waals surface area contributed by atoms with E-state index in [2.05, 4.69) is 10.5 Å².